The molecule has 0 atom stereocenters. The van der Waals surface area contributed by atoms with Crippen molar-refractivity contribution in [2.24, 2.45) is 0 Å². The molecular weight excluding hydrogens is 352 g/mol. The van der Waals surface area contributed by atoms with E-state index >= 15 is 0 Å². The molecule has 3 N–H and O–H groups in total. The minimum atomic E-state index is -0.217. The highest BCUT2D eigenvalue weighted by molar-refractivity contribution is 5.91. The van der Waals surface area contributed by atoms with Crippen molar-refractivity contribution < 1.29 is 28.9 Å². The van der Waals surface area contributed by atoms with E-state index in [0.717, 1.165) is 5.56 Å². The van der Waals surface area contributed by atoms with E-state index in [4.69, 9.17) is 14.2 Å². The molecule has 0 spiro atoms. The monoisotopic (exact) mass is 380 g/mol. The van der Waals surface area contributed by atoms with Crippen molar-refractivity contribution in [1.29, 1.82) is 0 Å². The minimum Gasteiger partial charge on any atom is -0.508 e. The molecule has 0 saturated heterocycles. The Balaban J connectivity index is 1.93. The molecule has 0 aromatic heterocycles. The molecule has 0 fully saturated rings. The summed E-state index contributed by atoms with van der Waals surface area (Å²) < 4.78 is 15.6. The normalized spacial score (nSPS) is 10.9. The average molecular weight is 380 g/mol. The van der Waals surface area contributed by atoms with E-state index in [1.165, 1.54) is 6.08 Å². The second kappa shape index (κ2) is 14.7. The fraction of sp³-hybridized carbons (Fsp3) is 0.474. The van der Waals surface area contributed by atoms with Crippen molar-refractivity contribution in [2.45, 2.75) is 6.92 Å². The zero-order chi connectivity index (χ0) is 19.7. The van der Waals surface area contributed by atoms with Crippen LogP contribution < -0.4 is 10.6 Å². The summed E-state index contributed by atoms with van der Waals surface area (Å²) in [6, 6.07) is 6.55. The van der Waals surface area contributed by atoms with Gasteiger partial charge in [0.15, 0.2) is 0 Å². The van der Waals surface area contributed by atoms with Gasteiger partial charge in [-0.1, -0.05) is 12.1 Å². The molecule has 0 radical (unpaired) electrons. The fourth-order valence-electron chi connectivity index (χ4n) is 1.89. The van der Waals surface area contributed by atoms with Gasteiger partial charge in [-0.05, 0) is 30.7 Å². The van der Waals surface area contributed by atoms with Crippen molar-refractivity contribution in [1.82, 2.24) is 10.6 Å². The van der Waals surface area contributed by atoms with Crippen LogP contribution in [0.3, 0.4) is 0 Å². The highest BCUT2D eigenvalue weighted by Crippen LogP contribution is 2.10. The van der Waals surface area contributed by atoms with Crippen LogP contribution in [-0.2, 0) is 23.8 Å². The highest BCUT2D eigenvalue weighted by Gasteiger charge is 1.99. The Bertz CT molecular complexity index is 574. The maximum Gasteiger partial charge on any atom is 0.246 e. The fourth-order valence-corrected chi connectivity index (χ4v) is 1.89. The molecule has 8 heteroatoms. The van der Waals surface area contributed by atoms with Gasteiger partial charge in [0.25, 0.3) is 0 Å². The smallest absolute Gasteiger partial charge is 0.246 e. The van der Waals surface area contributed by atoms with Crippen LogP contribution >= 0.6 is 0 Å². The summed E-state index contributed by atoms with van der Waals surface area (Å²) in [5.41, 5.74) is 0.824. The number of carbonyl (C=O) groups is 2. The largest absolute Gasteiger partial charge is 0.508 e. The molecule has 1 aromatic carbocycles. The number of phenolic OH excluding ortho intramolecular Hbond substituents is 1. The lowest BCUT2D eigenvalue weighted by molar-refractivity contribution is -0.125. The van der Waals surface area contributed by atoms with Crippen LogP contribution in [0.25, 0.3) is 6.08 Å². The predicted molar refractivity (Wildman–Crippen MR) is 101 cm³/mol. The van der Waals surface area contributed by atoms with Crippen molar-refractivity contribution in [2.75, 3.05) is 52.7 Å². The van der Waals surface area contributed by atoms with Crippen molar-refractivity contribution in [3.05, 3.63) is 35.9 Å². The maximum absolute atomic E-state index is 11.6. The molecule has 0 unspecified atom stereocenters. The van der Waals surface area contributed by atoms with Gasteiger partial charge in [-0.3, -0.25) is 9.59 Å². The molecule has 8 nitrogen and oxygen atoms in total. The lowest BCUT2D eigenvalue weighted by Gasteiger charge is -2.07. The van der Waals surface area contributed by atoms with E-state index in [2.05, 4.69) is 10.6 Å². The number of hydrogen-bond acceptors (Lipinski definition) is 6. The Kier molecular flexibility index (Phi) is 12.3. The van der Waals surface area contributed by atoms with E-state index in [0.29, 0.717) is 46.1 Å². The van der Waals surface area contributed by atoms with E-state index in [1.54, 1.807) is 30.3 Å². The molecule has 0 bridgehead atoms. The van der Waals surface area contributed by atoms with E-state index in [1.807, 2.05) is 6.92 Å². The van der Waals surface area contributed by atoms with Gasteiger partial charge in [0, 0.05) is 25.8 Å². The van der Waals surface area contributed by atoms with Crippen LogP contribution in [-0.4, -0.2) is 69.7 Å². The number of benzene rings is 1. The van der Waals surface area contributed by atoms with Crippen molar-refractivity contribution in [3.63, 3.8) is 0 Å². The van der Waals surface area contributed by atoms with Crippen LogP contribution in [0.4, 0.5) is 0 Å². The summed E-state index contributed by atoms with van der Waals surface area (Å²) >= 11 is 0. The third-order valence-corrected chi connectivity index (χ3v) is 3.24. The highest BCUT2D eigenvalue weighted by atomic mass is 16.5. The van der Waals surface area contributed by atoms with Gasteiger partial charge in [-0.2, -0.15) is 0 Å². The van der Waals surface area contributed by atoms with E-state index < -0.39 is 0 Å². The number of hydrogen-bond donors (Lipinski definition) is 3. The van der Waals surface area contributed by atoms with Crippen LogP contribution in [0, 0.1) is 0 Å². The summed E-state index contributed by atoms with van der Waals surface area (Å²) in [5.74, 6) is -0.193. The molecule has 0 aliphatic carbocycles. The molecule has 0 aliphatic rings. The summed E-state index contributed by atoms with van der Waals surface area (Å²) in [7, 11) is 0. The molecule has 2 amide bonds. The van der Waals surface area contributed by atoms with Gasteiger partial charge < -0.3 is 30.0 Å². The Hall–Kier alpha value is -2.42. The summed E-state index contributed by atoms with van der Waals surface area (Å²) in [6.07, 6.45) is 3.09. The van der Waals surface area contributed by atoms with Gasteiger partial charge in [0.05, 0.1) is 26.4 Å². The zero-order valence-electron chi connectivity index (χ0n) is 15.6. The zero-order valence-corrected chi connectivity index (χ0v) is 15.6. The third kappa shape index (κ3) is 12.6. The van der Waals surface area contributed by atoms with Gasteiger partial charge >= 0.3 is 0 Å². The first-order chi connectivity index (χ1) is 13.1. The van der Waals surface area contributed by atoms with Crippen LogP contribution in [0.1, 0.15) is 12.5 Å². The van der Waals surface area contributed by atoms with Gasteiger partial charge in [0.2, 0.25) is 11.8 Å². The molecule has 0 heterocycles. The molecule has 150 valence electrons. The minimum absolute atomic E-state index is 0.0649. The third-order valence-electron chi connectivity index (χ3n) is 3.24. The molecule has 0 aliphatic heterocycles. The molecule has 1 aromatic rings. The number of phenols is 1. The number of aromatic hydroxyl groups is 1. The van der Waals surface area contributed by atoms with Crippen LogP contribution in [0.15, 0.2) is 30.3 Å². The topological polar surface area (TPSA) is 106 Å². The van der Waals surface area contributed by atoms with E-state index in [9.17, 15) is 14.7 Å². The standard InChI is InChI=1S/C19H28N2O6/c1-2-25-15-19(24)21-10-12-27-14-13-26-11-9-20-18(23)8-5-16-3-6-17(22)7-4-16/h3-8,22H,2,9-15H2,1H3,(H,20,23)(H,21,24)/b8-5+. The number of ether oxygens (including phenoxy) is 3. The van der Waals surface area contributed by atoms with Crippen LogP contribution in [0.2, 0.25) is 0 Å². The first kappa shape index (κ1) is 22.6. The Labute approximate surface area is 159 Å². The number of amides is 2. The van der Waals surface area contributed by atoms with Gasteiger partial charge in [-0.15, -0.1) is 0 Å². The van der Waals surface area contributed by atoms with Gasteiger partial charge in [0.1, 0.15) is 12.4 Å². The molecule has 27 heavy (non-hydrogen) atoms. The Morgan fingerprint density at radius 1 is 0.963 bits per heavy atom. The molecular formula is C19H28N2O6. The first-order valence-electron chi connectivity index (χ1n) is 8.86. The Morgan fingerprint density at radius 2 is 1.59 bits per heavy atom. The van der Waals surface area contributed by atoms with Gasteiger partial charge in [-0.25, -0.2) is 0 Å². The molecule has 0 saturated carbocycles. The number of carbonyl (C=O) groups excluding carboxylic acids is 2. The number of nitrogens with one attached hydrogen (secondary N) is 2. The van der Waals surface area contributed by atoms with Crippen molar-refractivity contribution >= 4 is 17.9 Å². The summed E-state index contributed by atoms with van der Waals surface area (Å²) in [5, 5.41) is 14.6. The molecule has 1 rings (SSSR count). The lowest BCUT2D eigenvalue weighted by atomic mass is 10.2. The number of rotatable bonds is 14. The second-order valence-corrected chi connectivity index (χ2v) is 5.43. The SMILES string of the molecule is CCOCC(=O)NCCOCCOCCNC(=O)/C=C/c1ccc(O)cc1. The Morgan fingerprint density at radius 3 is 2.22 bits per heavy atom. The van der Waals surface area contributed by atoms with E-state index in [-0.39, 0.29) is 24.2 Å². The van der Waals surface area contributed by atoms with Crippen LogP contribution in [0.5, 0.6) is 5.75 Å². The quantitative estimate of drug-likeness (QED) is 0.324. The summed E-state index contributed by atoms with van der Waals surface area (Å²) in [4.78, 5) is 22.9. The summed E-state index contributed by atoms with van der Waals surface area (Å²) in [6.45, 7) is 4.83. The first-order valence-corrected chi connectivity index (χ1v) is 8.86. The average Bonchev–Trinajstić information content (AvgIpc) is 2.67. The lowest BCUT2D eigenvalue weighted by Crippen LogP contribution is -2.31. The maximum atomic E-state index is 11.6. The second-order valence-electron chi connectivity index (χ2n) is 5.43. The van der Waals surface area contributed by atoms with Crippen molar-refractivity contribution in [3.8, 4) is 5.75 Å². The predicted octanol–water partition coefficient (Wildman–Crippen LogP) is 0.708.